The maximum Gasteiger partial charge on any atom is 0.412 e. The minimum absolute atomic E-state index is 0.0170. The van der Waals surface area contributed by atoms with Crippen LogP contribution >= 0.6 is 0 Å². The van der Waals surface area contributed by atoms with Gasteiger partial charge in [0.1, 0.15) is 58.7 Å². The minimum atomic E-state index is -2.10. The summed E-state index contributed by atoms with van der Waals surface area (Å²) < 4.78 is 46.0. The number of nitrogens with zero attached hydrogens (tertiary/aromatic N) is 2. The Bertz CT molecular complexity index is 2390. The zero-order valence-corrected chi connectivity index (χ0v) is 46.1. The van der Waals surface area contributed by atoms with Gasteiger partial charge in [-0.05, 0) is 113 Å². The number of allylic oxidation sites excluding steroid dienone is 1. The number of nitro groups is 1. The van der Waals surface area contributed by atoms with Gasteiger partial charge >= 0.3 is 30.5 Å². The topological polar surface area (TPSA) is 364 Å². The number of hydrogen-bond donors (Lipinski definition) is 9. The number of rotatable bonds is 15. The van der Waals surface area contributed by atoms with Crippen molar-refractivity contribution in [3.63, 3.8) is 0 Å². The van der Waals surface area contributed by atoms with Crippen LogP contribution < -0.4 is 26.6 Å². The van der Waals surface area contributed by atoms with E-state index in [-0.39, 0.29) is 56.0 Å². The molecule has 0 bridgehead atoms. The van der Waals surface area contributed by atoms with Crippen LogP contribution in [-0.2, 0) is 49.3 Å². The second-order valence-corrected chi connectivity index (χ2v) is 23.3. The van der Waals surface area contributed by atoms with Crippen LogP contribution in [0.3, 0.4) is 0 Å². The average molecular weight is 1110 g/mol. The molecule has 9 N–H and O–H groups in total. The summed E-state index contributed by atoms with van der Waals surface area (Å²) in [5.74, 6) is -2.28. The van der Waals surface area contributed by atoms with E-state index >= 15 is 0 Å². The molecule has 27 nitrogen and oxygen atoms in total. The Morgan fingerprint density at radius 1 is 0.821 bits per heavy atom. The van der Waals surface area contributed by atoms with E-state index in [9.17, 15) is 59.3 Å². The second kappa shape index (κ2) is 24.7. The standard InChI is InChI=1S/C51H77N7O20/c1-26(2)73-43(63)55-31-19-18-30(23-52-42(62)71-24-27-14-16-29(17-15-27)58(69)70)74-37(31)34-32(56-45(65)77-48(6,7)8)20-33(54-41(61)51(68)21-28(22-51)53-44(64)76-47(3,4)5)38(35(34)59)75-40-36(60)39(50(12,67)25-72-40)57(13)46(66)78-49(9,10)11/h14-18,28,31-40,59-60,67-68H,1,19-25H2,2-13H3,(H,52,62)(H,53,64)(H,54,61)(H,55,63)(H,56,65)/t28?,31-,32+,33-,34-,35+,36-,37?,38+,39-,40-,50+,51?/m1/s1. The van der Waals surface area contributed by atoms with Crippen LogP contribution in [0.1, 0.15) is 107 Å². The van der Waals surface area contributed by atoms with Crippen LogP contribution in [-0.4, -0.2) is 176 Å². The number of carbonyl (C=O) groups excluding carboxylic acids is 6. The fraction of sp³-hybridized carbons (Fsp3) is 0.686. The number of ether oxygens (including phenoxy) is 8. The molecule has 1 aromatic rings. The lowest BCUT2D eigenvalue weighted by Gasteiger charge is -2.52. The molecule has 2 saturated carbocycles. The van der Waals surface area contributed by atoms with Crippen molar-refractivity contribution >= 4 is 42.1 Å². The zero-order valence-electron chi connectivity index (χ0n) is 46.1. The molecule has 0 aromatic heterocycles. The van der Waals surface area contributed by atoms with Crippen molar-refractivity contribution in [1.82, 2.24) is 31.5 Å². The number of nitrogens with one attached hydrogen (secondary N) is 5. The molecule has 436 valence electrons. The smallest absolute Gasteiger partial charge is 0.412 e. The molecule has 1 aromatic carbocycles. The van der Waals surface area contributed by atoms with Crippen LogP contribution in [0, 0.1) is 16.0 Å². The van der Waals surface area contributed by atoms with Crippen molar-refractivity contribution < 1.29 is 92.0 Å². The minimum Gasteiger partial charge on any atom is -0.491 e. The highest BCUT2D eigenvalue weighted by Crippen LogP contribution is 2.40. The predicted molar refractivity (Wildman–Crippen MR) is 273 cm³/mol. The second-order valence-electron chi connectivity index (χ2n) is 23.3. The highest BCUT2D eigenvalue weighted by atomic mass is 16.7. The number of nitro benzene ring substituents is 1. The third kappa shape index (κ3) is 17.2. The summed E-state index contributed by atoms with van der Waals surface area (Å²) in [6.07, 6.45) is -12.7. The molecule has 27 heteroatoms. The number of hydrogen-bond acceptors (Lipinski definition) is 20. The Balaban J connectivity index is 1.52. The largest absolute Gasteiger partial charge is 0.491 e. The van der Waals surface area contributed by atoms with E-state index in [1.54, 1.807) is 62.3 Å². The zero-order chi connectivity index (χ0) is 58.5. The molecule has 5 rings (SSSR count). The van der Waals surface area contributed by atoms with Crippen LogP contribution in [0.2, 0.25) is 0 Å². The Hall–Kier alpha value is -6.52. The number of non-ortho nitro benzene ring substituents is 1. The number of likely N-dealkylation sites (N-methyl/N-ethyl adjacent to an activating group) is 1. The van der Waals surface area contributed by atoms with Crippen LogP contribution in [0.4, 0.5) is 29.7 Å². The van der Waals surface area contributed by atoms with Crippen LogP contribution in [0.25, 0.3) is 0 Å². The maximum atomic E-state index is 14.3. The molecule has 2 aliphatic heterocycles. The molecule has 4 aliphatic rings. The summed E-state index contributed by atoms with van der Waals surface area (Å²) >= 11 is 0. The predicted octanol–water partition coefficient (Wildman–Crippen LogP) is 3.39. The van der Waals surface area contributed by atoms with E-state index in [1.165, 1.54) is 51.2 Å². The Labute approximate surface area is 452 Å². The summed E-state index contributed by atoms with van der Waals surface area (Å²) in [7, 11) is 1.29. The molecule has 2 aliphatic carbocycles. The fourth-order valence-electron chi connectivity index (χ4n) is 9.46. The molecule has 2 heterocycles. The third-order valence-electron chi connectivity index (χ3n) is 12.8. The van der Waals surface area contributed by atoms with Crippen LogP contribution in [0.5, 0.6) is 0 Å². The van der Waals surface area contributed by atoms with E-state index < -0.39 is 143 Å². The van der Waals surface area contributed by atoms with Gasteiger partial charge in [0, 0.05) is 50.0 Å². The van der Waals surface area contributed by atoms with Gasteiger partial charge in [-0.1, -0.05) is 6.58 Å². The lowest BCUT2D eigenvalue weighted by Crippen LogP contribution is -2.72. The first-order valence-electron chi connectivity index (χ1n) is 25.4. The van der Waals surface area contributed by atoms with Gasteiger partial charge in [0.05, 0.1) is 48.1 Å². The van der Waals surface area contributed by atoms with E-state index in [2.05, 4.69) is 33.2 Å². The fourth-order valence-corrected chi connectivity index (χ4v) is 9.46. The Kier molecular flexibility index (Phi) is 19.7. The maximum absolute atomic E-state index is 14.3. The Morgan fingerprint density at radius 2 is 1.40 bits per heavy atom. The van der Waals surface area contributed by atoms with Gasteiger partial charge in [0.15, 0.2) is 6.29 Å². The quantitative estimate of drug-likeness (QED) is 0.0526. The molecule has 6 amide bonds. The lowest BCUT2D eigenvalue weighted by atomic mass is 9.71. The van der Waals surface area contributed by atoms with Gasteiger partial charge in [-0.15, -0.1) is 0 Å². The summed E-state index contributed by atoms with van der Waals surface area (Å²) in [6.45, 7) is 19.9. The summed E-state index contributed by atoms with van der Waals surface area (Å²) in [5.41, 5.74) is -6.62. The molecule has 78 heavy (non-hydrogen) atoms. The Morgan fingerprint density at radius 3 is 1.96 bits per heavy atom. The first-order chi connectivity index (χ1) is 35.9. The molecule has 0 spiro atoms. The number of aliphatic hydroxyl groups is 4. The summed E-state index contributed by atoms with van der Waals surface area (Å²) in [5, 5.41) is 72.7. The number of carbonyl (C=O) groups is 6. The van der Waals surface area contributed by atoms with Crippen molar-refractivity contribution in [3.8, 4) is 0 Å². The molecule has 3 fully saturated rings. The van der Waals surface area contributed by atoms with Gasteiger partial charge in [-0.25, -0.2) is 24.0 Å². The van der Waals surface area contributed by atoms with Gasteiger partial charge < -0.3 is 89.8 Å². The third-order valence-corrected chi connectivity index (χ3v) is 12.8. The molecule has 0 radical (unpaired) electrons. The highest BCUT2D eigenvalue weighted by molar-refractivity contribution is 5.87. The number of aliphatic hydroxyl groups excluding tert-OH is 2. The molecule has 1 unspecified atom stereocenters. The first-order valence-corrected chi connectivity index (χ1v) is 25.4. The number of alkyl carbamates (subject to hydrolysis) is 4. The van der Waals surface area contributed by atoms with Crippen molar-refractivity contribution in [2.45, 2.75) is 197 Å². The number of amides is 6. The van der Waals surface area contributed by atoms with Gasteiger partial charge in [-0.3, -0.25) is 14.9 Å². The average Bonchev–Trinajstić information content (AvgIpc) is 3.27. The van der Waals surface area contributed by atoms with Crippen molar-refractivity contribution in [2.24, 2.45) is 5.92 Å². The van der Waals surface area contributed by atoms with E-state index in [4.69, 9.17) is 37.9 Å². The van der Waals surface area contributed by atoms with Gasteiger partial charge in [-0.2, -0.15) is 0 Å². The normalized spacial score (nSPS) is 30.0. The van der Waals surface area contributed by atoms with E-state index in [0.717, 1.165) is 4.90 Å². The SMILES string of the molecule is C=C(C)OC(=O)N[C@@H]1CC=C(CNC(=O)OCc2ccc([N+](=O)[O-])cc2)OC1[C@H]1[C@H](O)[C@@H](O[C@H]2OC[C@](C)(O)[C@H](N(C)C(=O)OC(C)(C)C)[C@H]2O)[C@H](NC(=O)C2(O)CC(NC(=O)OC(C)(C)C)C2)C[C@@H]1NC(=O)OC(C)(C)C. The molecule has 1 saturated heterocycles. The lowest BCUT2D eigenvalue weighted by molar-refractivity contribution is -0.384. The molecular formula is C51H77N7O20. The van der Waals surface area contributed by atoms with Gasteiger partial charge in [0.2, 0.25) is 0 Å². The summed E-state index contributed by atoms with van der Waals surface area (Å²) in [6, 6.07) is -0.623. The number of benzene rings is 1. The van der Waals surface area contributed by atoms with Crippen molar-refractivity contribution in [3.05, 3.63) is 64.1 Å². The first kappa shape index (κ1) is 62.3. The molecule has 11 atom stereocenters. The highest BCUT2D eigenvalue weighted by Gasteiger charge is 2.58. The van der Waals surface area contributed by atoms with Crippen molar-refractivity contribution in [2.75, 3.05) is 20.2 Å². The van der Waals surface area contributed by atoms with E-state index in [1.807, 2.05) is 0 Å². The molecular weight excluding hydrogens is 1030 g/mol. The monoisotopic (exact) mass is 1110 g/mol. The van der Waals surface area contributed by atoms with E-state index in [0.29, 0.717) is 5.56 Å². The van der Waals surface area contributed by atoms with Crippen molar-refractivity contribution in [1.29, 1.82) is 0 Å². The summed E-state index contributed by atoms with van der Waals surface area (Å²) in [4.78, 5) is 91.9. The van der Waals surface area contributed by atoms with Crippen LogP contribution in [0.15, 0.2) is 48.4 Å². The van der Waals surface area contributed by atoms with Gasteiger partial charge in [0.25, 0.3) is 11.6 Å².